The lowest BCUT2D eigenvalue weighted by molar-refractivity contribution is 0.0683. The molecule has 8 nitrogen and oxygen atoms in total. The van der Waals surface area contributed by atoms with Gasteiger partial charge >= 0.3 is 5.69 Å². The molecule has 1 aliphatic heterocycles. The van der Waals surface area contributed by atoms with E-state index in [9.17, 15) is 9.59 Å². The molecular formula is C21H24N6O2. The van der Waals surface area contributed by atoms with Crippen molar-refractivity contribution in [2.45, 2.75) is 33.1 Å². The van der Waals surface area contributed by atoms with E-state index in [1.54, 1.807) is 10.8 Å². The van der Waals surface area contributed by atoms with Crippen molar-refractivity contribution in [2.24, 2.45) is 5.92 Å². The van der Waals surface area contributed by atoms with E-state index in [0.29, 0.717) is 31.1 Å². The number of piperidine rings is 1. The molecule has 1 aliphatic rings. The summed E-state index contributed by atoms with van der Waals surface area (Å²) in [5.74, 6) is 1.02. The number of nitrogens with zero attached hydrogens (tertiary/aromatic N) is 5. The number of H-pyrrole nitrogens is 1. The van der Waals surface area contributed by atoms with Crippen LogP contribution in [0.4, 0.5) is 0 Å². The number of carbonyl (C=O) groups is 1. The number of aromatic nitrogens is 5. The maximum atomic E-state index is 12.6. The van der Waals surface area contributed by atoms with Crippen molar-refractivity contribution in [1.82, 2.24) is 29.6 Å². The summed E-state index contributed by atoms with van der Waals surface area (Å²) in [5.41, 5.74) is 2.83. The van der Waals surface area contributed by atoms with Gasteiger partial charge in [0.2, 0.25) is 0 Å². The third kappa shape index (κ3) is 3.96. The molecule has 29 heavy (non-hydrogen) atoms. The van der Waals surface area contributed by atoms with E-state index in [0.717, 1.165) is 35.6 Å². The highest BCUT2D eigenvalue weighted by Crippen LogP contribution is 2.23. The van der Waals surface area contributed by atoms with Gasteiger partial charge in [0.15, 0.2) is 0 Å². The summed E-state index contributed by atoms with van der Waals surface area (Å²) < 4.78 is 1.66. The van der Waals surface area contributed by atoms with Crippen molar-refractivity contribution in [3.63, 3.8) is 0 Å². The standard InChI is InChI=1S/C21H24N6O2/c1-14-5-3-4-6-18(14)27-19(24-25-21(27)29)11-16-7-9-26(10-8-16)20(28)17-13-22-15(2)12-23-17/h3-6,12-13,16H,7-11H2,1-2H3,(H,25,29). The van der Waals surface area contributed by atoms with Gasteiger partial charge in [0.25, 0.3) is 5.91 Å². The van der Waals surface area contributed by atoms with Gasteiger partial charge in [0, 0.05) is 25.7 Å². The Labute approximate surface area is 168 Å². The molecule has 1 fully saturated rings. The van der Waals surface area contributed by atoms with Gasteiger partial charge in [-0.05, 0) is 44.2 Å². The molecule has 1 amide bonds. The fourth-order valence-electron chi connectivity index (χ4n) is 3.79. The van der Waals surface area contributed by atoms with E-state index in [1.807, 2.05) is 43.0 Å². The molecule has 1 saturated heterocycles. The van der Waals surface area contributed by atoms with Crippen LogP contribution < -0.4 is 5.69 Å². The number of hydrogen-bond acceptors (Lipinski definition) is 5. The lowest BCUT2D eigenvalue weighted by atomic mass is 9.93. The van der Waals surface area contributed by atoms with Crippen LogP contribution in [0.25, 0.3) is 5.69 Å². The number of aryl methyl sites for hydroxylation is 2. The van der Waals surface area contributed by atoms with Gasteiger partial charge < -0.3 is 4.90 Å². The largest absolute Gasteiger partial charge is 0.347 e. The van der Waals surface area contributed by atoms with Crippen LogP contribution in [0, 0.1) is 19.8 Å². The molecule has 150 valence electrons. The molecule has 3 heterocycles. The minimum absolute atomic E-state index is 0.0764. The Morgan fingerprint density at radius 2 is 1.90 bits per heavy atom. The van der Waals surface area contributed by atoms with Gasteiger partial charge in [-0.25, -0.2) is 19.4 Å². The second-order valence-electron chi connectivity index (χ2n) is 7.55. The van der Waals surface area contributed by atoms with Crippen LogP contribution >= 0.6 is 0 Å². The maximum Gasteiger partial charge on any atom is 0.347 e. The van der Waals surface area contributed by atoms with Crippen LogP contribution in [-0.2, 0) is 6.42 Å². The molecule has 0 unspecified atom stereocenters. The number of rotatable bonds is 4. The second kappa shape index (κ2) is 7.98. The highest BCUT2D eigenvalue weighted by Gasteiger charge is 2.26. The van der Waals surface area contributed by atoms with Gasteiger partial charge in [0.1, 0.15) is 11.5 Å². The second-order valence-corrected chi connectivity index (χ2v) is 7.55. The molecule has 8 heteroatoms. The highest BCUT2D eigenvalue weighted by atomic mass is 16.2. The molecule has 0 aliphatic carbocycles. The number of benzene rings is 1. The first-order chi connectivity index (χ1) is 14.0. The summed E-state index contributed by atoms with van der Waals surface area (Å²) in [6.07, 6.45) is 5.57. The van der Waals surface area contributed by atoms with Gasteiger partial charge in [-0.1, -0.05) is 18.2 Å². The van der Waals surface area contributed by atoms with Crippen LogP contribution in [0.1, 0.15) is 40.4 Å². The van der Waals surface area contributed by atoms with Crippen molar-refractivity contribution in [3.8, 4) is 5.69 Å². The van der Waals surface area contributed by atoms with Crippen LogP contribution in [0.15, 0.2) is 41.5 Å². The smallest absolute Gasteiger partial charge is 0.337 e. The zero-order chi connectivity index (χ0) is 20.4. The summed E-state index contributed by atoms with van der Waals surface area (Å²) in [4.78, 5) is 35.1. The van der Waals surface area contributed by atoms with Crippen molar-refractivity contribution < 1.29 is 4.79 Å². The first-order valence-corrected chi connectivity index (χ1v) is 9.83. The first kappa shape index (κ1) is 19.0. The predicted molar refractivity (Wildman–Crippen MR) is 108 cm³/mol. The summed E-state index contributed by atoms with van der Waals surface area (Å²) >= 11 is 0. The van der Waals surface area contributed by atoms with Gasteiger partial charge in [-0.15, -0.1) is 0 Å². The van der Waals surface area contributed by atoms with Gasteiger partial charge in [-0.2, -0.15) is 5.10 Å². The van der Waals surface area contributed by atoms with Crippen molar-refractivity contribution in [1.29, 1.82) is 0 Å². The molecule has 0 atom stereocenters. The third-order valence-corrected chi connectivity index (χ3v) is 5.47. The monoisotopic (exact) mass is 392 g/mol. The third-order valence-electron chi connectivity index (χ3n) is 5.47. The number of hydrogen-bond donors (Lipinski definition) is 1. The number of amides is 1. The van der Waals surface area contributed by atoms with E-state index in [2.05, 4.69) is 20.2 Å². The highest BCUT2D eigenvalue weighted by molar-refractivity contribution is 5.92. The minimum atomic E-state index is -0.222. The van der Waals surface area contributed by atoms with E-state index < -0.39 is 0 Å². The van der Waals surface area contributed by atoms with Crippen molar-refractivity contribution >= 4 is 5.91 Å². The topological polar surface area (TPSA) is 96.8 Å². The average molecular weight is 392 g/mol. The molecule has 0 saturated carbocycles. The Hall–Kier alpha value is -3.29. The molecule has 0 spiro atoms. The van der Waals surface area contributed by atoms with E-state index in [1.165, 1.54) is 6.20 Å². The van der Waals surface area contributed by atoms with E-state index in [4.69, 9.17) is 0 Å². The van der Waals surface area contributed by atoms with Crippen LogP contribution in [-0.4, -0.2) is 48.6 Å². The van der Waals surface area contributed by atoms with Gasteiger partial charge in [0.05, 0.1) is 17.6 Å². The minimum Gasteiger partial charge on any atom is -0.337 e. The Kier molecular flexibility index (Phi) is 5.24. The lowest BCUT2D eigenvalue weighted by Gasteiger charge is -2.31. The quantitative estimate of drug-likeness (QED) is 0.733. The van der Waals surface area contributed by atoms with Crippen LogP contribution in [0.3, 0.4) is 0 Å². The Morgan fingerprint density at radius 3 is 2.59 bits per heavy atom. The predicted octanol–water partition coefficient (Wildman–Crippen LogP) is 2.06. The molecular weight excluding hydrogens is 368 g/mol. The Bertz CT molecular complexity index is 1060. The number of likely N-dealkylation sites (tertiary alicyclic amines) is 1. The van der Waals surface area contributed by atoms with Gasteiger partial charge in [-0.3, -0.25) is 9.78 Å². The number of nitrogens with one attached hydrogen (secondary N) is 1. The molecule has 4 rings (SSSR count). The molecule has 0 radical (unpaired) electrons. The fraction of sp³-hybridized carbons (Fsp3) is 0.381. The molecule has 0 bridgehead atoms. The SMILES string of the molecule is Cc1cnc(C(=O)N2CCC(Cc3n[nH]c(=O)n3-c3ccccc3C)CC2)cn1. The summed E-state index contributed by atoms with van der Waals surface area (Å²) in [6, 6.07) is 7.79. The fourth-order valence-corrected chi connectivity index (χ4v) is 3.79. The van der Waals surface area contributed by atoms with E-state index >= 15 is 0 Å². The average Bonchev–Trinajstić information content (AvgIpc) is 3.09. The first-order valence-electron chi connectivity index (χ1n) is 9.83. The molecule has 1 N–H and O–H groups in total. The van der Waals surface area contributed by atoms with Crippen molar-refractivity contribution in [3.05, 3.63) is 69.9 Å². The van der Waals surface area contributed by atoms with Crippen LogP contribution in [0.5, 0.6) is 0 Å². The normalized spacial score (nSPS) is 14.9. The Balaban J connectivity index is 1.43. The molecule has 2 aromatic heterocycles. The summed E-state index contributed by atoms with van der Waals surface area (Å²) in [5, 5.41) is 6.85. The number of carbonyl (C=O) groups excluding carboxylic acids is 1. The van der Waals surface area contributed by atoms with Crippen LogP contribution in [0.2, 0.25) is 0 Å². The Morgan fingerprint density at radius 1 is 1.14 bits per heavy atom. The molecule has 1 aromatic carbocycles. The lowest BCUT2D eigenvalue weighted by Crippen LogP contribution is -2.39. The zero-order valence-corrected chi connectivity index (χ0v) is 16.6. The number of aromatic amines is 1. The number of para-hydroxylation sites is 1. The summed E-state index contributed by atoms with van der Waals surface area (Å²) in [7, 11) is 0. The van der Waals surface area contributed by atoms with E-state index in [-0.39, 0.29) is 11.6 Å². The molecule has 3 aromatic rings. The summed E-state index contributed by atoms with van der Waals surface area (Å²) in [6.45, 7) is 5.16. The zero-order valence-electron chi connectivity index (χ0n) is 16.6. The maximum absolute atomic E-state index is 12.6. The van der Waals surface area contributed by atoms with Crippen molar-refractivity contribution in [2.75, 3.05) is 13.1 Å².